The zero-order chi connectivity index (χ0) is 17.0. The number of nitrogens with zero attached hydrogens (tertiary/aromatic N) is 1. The minimum Gasteiger partial charge on any atom is -0.496 e. The molecule has 1 saturated heterocycles. The molecule has 0 N–H and O–H groups in total. The SMILES string of the molecule is COc1ccc(CCC(=O)N2CCC(S(C)(=O)=O)CC2)cc1Br. The second-order valence-corrected chi connectivity index (χ2v) is 9.06. The van der Waals surface area contributed by atoms with Crippen molar-refractivity contribution in [2.75, 3.05) is 26.5 Å². The number of hydrogen-bond acceptors (Lipinski definition) is 4. The van der Waals surface area contributed by atoms with Crippen LogP contribution in [0.15, 0.2) is 22.7 Å². The van der Waals surface area contributed by atoms with E-state index in [1.54, 1.807) is 12.0 Å². The molecule has 1 heterocycles. The number of amides is 1. The molecule has 2 rings (SSSR count). The number of carbonyl (C=O) groups is 1. The Morgan fingerprint density at radius 3 is 2.52 bits per heavy atom. The van der Waals surface area contributed by atoms with Crippen molar-refractivity contribution >= 4 is 31.7 Å². The van der Waals surface area contributed by atoms with Gasteiger partial charge < -0.3 is 9.64 Å². The average molecular weight is 404 g/mol. The number of ether oxygens (including phenoxy) is 1. The minimum absolute atomic E-state index is 0.0869. The molecule has 1 aromatic carbocycles. The van der Waals surface area contributed by atoms with Gasteiger partial charge in [0, 0.05) is 25.8 Å². The molecule has 0 radical (unpaired) electrons. The molecule has 128 valence electrons. The summed E-state index contributed by atoms with van der Waals surface area (Å²) in [5.41, 5.74) is 1.07. The van der Waals surface area contributed by atoms with Crippen molar-refractivity contribution in [2.24, 2.45) is 0 Å². The third kappa shape index (κ3) is 4.94. The van der Waals surface area contributed by atoms with Crippen molar-refractivity contribution in [1.29, 1.82) is 0 Å². The van der Waals surface area contributed by atoms with Crippen LogP contribution in [-0.4, -0.2) is 50.9 Å². The third-order valence-electron chi connectivity index (χ3n) is 4.24. The largest absolute Gasteiger partial charge is 0.496 e. The summed E-state index contributed by atoms with van der Waals surface area (Å²) in [6.07, 6.45) is 3.45. The number of likely N-dealkylation sites (tertiary alicyclic amines) is 1. The molecule has 0 aliphatic carbocycles. The predicted molar refractivity (Wildman–Crippen MR) is 93.5 cm³/mol. The number of hydrogen-bond donors (Lipinski definition) is 0. The van der Waals surface area contributed by atoms with E-state index in [4.69, 9.17) is 4.74 Å². The van der Waals surface area contributed by atoms with Crippen molar-refractivity contribution in [1.82, 2.24) is 4.90 Å². The standard InChI is InChI=1S/C16H22BrNO4S/c1-22-15-5-3-12(11-14(15)17)4-6-16(19)18-9-7-13(8-10-18)23(2,20)21/h3,5,11,13H,4,6-10H2,1-2H3. The molecule has 5 nitrogen and oxygen atoms in total. The number of halogens is 1. The highest BCUT2D eigenvalue weighted by Crippen LogP contribution is 2.26. The maximum atomic E-state index is 12.3. The summed E-state index contributed by atoms with van der Waals surface area (Å²) in [4.78, 5) is 14.1. The van der Waals surface area contributed by atoms with Crippen molar-refractivity contribution < 1.29 is 17.9 Å². The molecule has 1 fully saturated rings. The van der Waals surface area contributed by atoms with Crippen LogP contribution in [0.2, 0.25) is 0 Å². The van der Waals surface area contributed by atoms with E-state index in [0.717, 1.165) is 15.8 Å². The lowest BCUT2D eigenvalue weighted by Gasteiger charge is -2.31. The molecular formula is C16H22BrNO4S. The Morgan fingerprint density at radius 2 is 2.00 bits per heavy atom. The Balaban J connectivity index is 1.85. The molecule has 0 spiro atoms. The summed E-state index contributed by atoms with van der Waals surface area (Å²) in [5, 5.41) is -0.302. The van der Waals surface area contributed by atoms with Crippen LogP contribution in [0.3, 0.4) is 0 Å². The van der Waals surface area contributed by atoms with Gasteiger partial charge in [-0.1, -0.05) is 6.07 Å². The van der Waals surface area contributed by atoms with E-state index in [0.29, 0.717) is 38.8 Å². The molecule has 1 aliphatic heterocycles. The fraction of sp³-hybridized carbons (Fsp3) is 0.562. The van der Waals surface area contributed by atoms with Gasteiger partial charge in [0.1, 0.15) is 15.6 Å². The second kappa shape index (κ2) is 7.66. The Labute approximate surface area is 146 Å². The van der Waals surface area contributed by atoms with Crippen molar-refractivity contribution in [2.45, 2.75) is 30.9 Å². The number of piperidine rings is 1. The highest BCUT2D eigenvalue weighted by molar-refractivity contribution is 9.10. The molecule has 0 unspecified atom stereocenters. The van der Waals surface area contributed by atoms with Gasteiger partial charge in [0.25, 0.3) is 0 Å². The summed E-state index contributed by atoms with van der Waals surface area (Å²) in [7, 11) is -1.38. The lowest BCUT2D eigenvalue weighted by Crippen LogP contribution is -2.42. The van der Waals surface area contributed by atoms with E-state index in [9.17, 15) is 13.2 Å². The number of carbonyl (C=O) groups excluding carboxylic acids is 1. The fourth-order valence-electron chi connectivity index (χ4n) is 2.81. The van der Waals surface area contributed by atoms with E-state index >= 15 is 0 Å². The summed E-state index contributed by atoms with van der Waals surface area (Å²) in [6, 6.07) is 5.79. The first kappa shape index (κ1) is 18.3. The monoisotopic (exact) mass is 403 g/mol. The van der Waals surface area contributed by atoms with Gasteiger partial charge in [-0.05, 0) is 52.9 Å². The van der Waals surface area contributed by atoms with E-state index < -0.39 is 9.84 Å². The van der Waals surface area contributed by atoms with E-state index in [1.807, 2.05) is 18.2 Å². The molecule has 1 aliphatic rings. The van der Waals surface area contributed by atoms with Crippen LogP contribution in [-0.2, 0) is 21.1 Å². The number of benzene rings is 1. The lowest BCUT2D eigenvalue weighted by atomic mass is 10.1. The third-order valence-corrected chi connectivity index (χ3v) is 6.55. The van der Waals surface area contributed by atoms with Crippen molar-refractivity contribution in [3.05, 3.63) is 28.2 Å². The van der Waals surface area contributed by atoms with Crippen LogP contribution in [0.1, 0.15) is 24.8 Å². The zero-order valence-electron chi connectivity index (χ0n) is 13.4. The Morgan fingerprint density at radius 1 is 1.35 bits per heavy atom. The number of methoxy groups -OCH3 is 1. The van der Waals surface area contributed by atoms with Gasteiger partial charge in [-0.2, -0.15) is 0 Å². The van der Waals surface area contributed by atoms with E-state index in [1.165, 1.54) is 6.26 Å². The molecule has 0 aromatic heterocycles. The molecule has 7 heteroatoms. The average Bonchev–Trinajstić information content (AvgIpc) is 2.52. The molecule has 1 aromatic rings. The van der Waals surface area contributed by atoms with Gasteiger partial charge in [-0.25, -0.2) is 8.42 Å². The maximum Gasteiger partial charge on any atom is 0.222 e. The summed E-state index contributed by atoms with van der Waals surface area (Å²) < 4.78 is 29.1. The lowest BCUT2D eigenvalue weighted by molar-refractivity contribution is -0.132. The van der Waals surface area contributed by atoms with Gasteiger partial charge in [0.2, 0.25) is 5.91 Å². The predicted octanol–water partition coefficient (Wildman–Crippen LogP) is 2.43. The molecular weight excluding hydrogens is 382 g/mol. The normalized spacial score (nSPS) is 16.4. The highest BCUT2D eigenvalue weighted by Gasteiger charge is 2.28. The quantitative estimate of drug-likeness (QED) is 0.756. The summed E-state index contributed by atoms with van der Waals surface area (Å²) in [5.74, 6) is 0.854. The molecule has 23 heavy (non-hydrogen) atoms. The summed E-state index contributed by atoms with van der Waals surface area (Å²) in [6.45, 7) is 1.06. The molecule has 0 bridgehead atoms. The number of aryl methyl sites for hydroxylation is 1. The number of sulfone groups is 1. The van der Waals surface area contributed by atoms with Gasteiger partial charge in [-0.15, -0.1) is 0 Å². The van der Waals surface area contributed by atoms with Crippen LogP contribution < -0.4 is 4.74 Å². The van der Waals surface area contributed by atoms with Crippen LogP contribution >= 0.6 is 15.9 Å². The first-order valence-electron chi connectivity index (χ1n) is 7.60. The first-order chi connectivity index (χ1) is 10.8. The smallest absolute Gasteiger partial charge is 0.222 e. The molecule has 0 saturated carbocycles. The minimum atomic E-state index is -3.00. The van der Waals surface area contributed by atoms with E-state index in [2.05, 4.69) is 15.9 Å². The van der Waals surface area contributed by atoms with Gasteiger partial charge in [0.15, 0.2) is 0 Å². The maximum absolute atomic E-state index is 12.3. The first-order valence-corrected chi connectivity index (χ1v) is 10.3. The topological polar surface area (TPSA) is 63.7 Å². The van der Waals surface area contributed by atoms with Crippen LogP contribution in [0, 0.1) is 0 Å². The van der Waals surface area contributed by atoms with Gasteiger partial charge in [0.05, 0.1) is 16.8 Å². The Bertz CT molecular complexity index is 667. The van der Waals surface area contributed by atoms with E-state index in [-0.39, 0.29) is 11.2 Å². The Hall–Kier alpha value is -1.08. The van der Waals surface area contributed by atoms with Crippen LogP contribution in [0.5, 0.6) is 5.75 Å². The van der Waals surface area contributed by atoms with Crippen molar-refractivity contribution in [3.63, 3.8) is 0 Å². The second-order valence-electron chi connectivity index (χ2n) is 5.88. The highest BCUT2D eigenvalue weighted by atomic mass is 79.9. The summed E-state index contributed by atoms with van der Waals surface area (Å²) >= 11 is 3.44. The molecule has 1 amide bonds. The van der Waals surface area contributed by atoms with Gasteiger partial charge in [-0.3, -0.25) is 4.79 Å². The van der Waals surface area contributed by atoms with Crippen LogP contribution in [0.4, 0.5) is 0 Å². The number of rotatable bonds is 5. The fourth-order valence-corrected chi connectivity index (χ4v) is 4.46. The Kier molecular flexibility index (Phi) is 6.08. The van der Waals surface area contributed by atoms with Crippen LogP contribution in [0.25, 0.3) is 0 Å². The van der Waals surface area contributed by atoms with Gasteiger partial charge >= 0.3 is 0 Å². The van der Waals surface area contributed by atoms with Crippen molar-refractivity contribution in [3.8, 4) is 5.75 Å². The zero-order valence-corrected chi connectivity index (χ0v) is 15.8. The molecule has 0 atom stereocenters.